The van der Waals surface area contributed by atoms with Crippen molar-refractivity contribution in [3.8, 4) is 0 Å². The fourth-order valence-electron chi connectivity index (χ4n) is 4.25. The van der Waals surface area contributed by atoms with E-state index >= 15 is 0 Å². The molecule has 0 radical (unpaired) electrons. The Balaban J connectivity index is 1.86. The number of hydrogen-bond donors (Lipinski definition) is 1. The Morgan fingerprint density at radius 1 is 1.52 bits per heavy atom. The maximum absolute atomic E-state index is 9.97. The number of hydrogen-bond acceptors (Lipinski definition) is 4. The monoisotopic (exact) mass is 286 g/mol. The summed E-state index contributed by atoms with van der Waals surface area (Å²) in [5.41, 5.74) is 2.12. The second kappa shape index (κ2) is 4.51. The Bertz CT molecular complexity index is 589. The van der Waals surface area contributed by atoms with Gasteiger partial charge in [-0.05, 0) is 19.8 Å². The highest BCUT2D eigenvalue weighted by atomic mass is 16.5. The summed E-state index contributed by atoms with van der Waals surface area (Å²) < 4.78 is 11.8. The van der Waals surface area contributed by atoms with Gasteiger partial charge in [0.05, 0.1) is 19.3 Å². The van der Waals surface area contributed by atoms with Gasteiger partial charge < -0.3 is 14.6 Å². The Morgan fingerprint density at radius 3 is 3.19 bits per heavy atom. The molecule has 2 unspecified atom stereocenters. The standard InChI is InChI=1S/C17H20NO3/c1-10-5-7-17-8-6-11(19)9-14(17)21-16-13(20-2)4-3-12(18-10)15(16)17/h3,6,8,11,14-16,19H,5,7,9H2,1-2H3/q+1/t11-,14+,15?,16?,17-/m0/s1. The third kappa shape index (κ3) is 1.76. The second-order valence-electron chi connectivity index (χ2n) is 6.43. The summed E-state index contributed by atoms with van der Waals surface area (Å²) in [4.78, 5) is 4.78. The molecule has 4 heteroatoms. The first kappa shape index (κ1) is 13.2. The number of rotatable bonds is 1. The molecule has 0 amide bonds. The van der Waals surface area contributed by atoms with E-state index in [0.29, 0.717) is 6.42 Å². The van der Waals surface area contributed by atoms with Crippen molar-refractivity contribution in [2.24, 2.45) is 16.3 Å². The van der Waals surface area contributed by atoms with Gasteiger partial charge in [0.1, 0.15) is 12.0 Å². The van der Waals surface area contributed by atoms with Crippen LogP contribution < -0.4 is 0 Å². The van der Waals surface area contributed by atoms with Crippen LogP contribution >= 0.6 is 0 Å². The van der Waals surface area contributed by atoms with Gasteiger partial charge >= 0.3 is 0 Å². The molecule has 0 bridgehead atoms. The Labute approximate surface area is 124 Å². The van der Waals surface area contributed by atoms with E-state index in [2.05, 4.69) is 19.1 Å². The molecule has 1 N–H and O–H groups in total. The summed E-state index contributed by atoms with van der Waals surface area (Å²) in [5, 5.41) is 9.97. The van der Waals surface area contributed by atoms with Crippen LogP contribution in [0.3, 0.4) is 0 Å². The van der Waals surface area contributed by atoms with Gasteiger partial charge in [0.25, 0.3) is 5.76 Å². The largest absolute Gasteiger partial charge is 0.474 e. The first-order chi connectivity index (χ1) is 10.1. The summed E-state index contributed by atoms with van der Waals surface area (Å²) in [6, 6.07) is 0. The first-order valence-corrected chi connectivity index (χ1v) is 7.58. The quantitative estimate of drug-likeness (QED) is 0.593. The van der Waals surface area contributed by atoms with Gasteiger partial charge in [-0.15, -0.1) is 0 Å². The second-order valence-corrected chi connectivity index (χ2v) is 6.43. The molecule has 2 heterocycles. The highest BCUT2D eigenvalue weighted by Crippen LogP contribution is 2.58. The number of ether oxygens (including phenoxy) is 2. The molecule has 110 valence electrons. The maximum Gasteiger partial charge on any atom is 0.274 e. The average molecular weight is 286 g/mol. The van der Waals surface area contributed by atoms with Crippen LogP contribution in [0.15, 0.2) is 34.7 Å². The lowest BCUT2D eigenvalue weighted by atomic mass is 9.63. The molecule has 2 aliphatic carbocycles. The van der Waals surface area contributed by atoms with Gasteiger partial charge in [0, 0.05) is 17.5 Å². The van der Waals surface area contributed by atoms with Crippen LogP contribution in [0.5, 0.6) is 0 Å². The fraction of sp³-hybridized carbons (Fsp3) is 0.588. The lowest BCUT2D eigenvalue weighted by Gasteiger charge is -2.37. The van der Waals surface area contributed by atoms with E-state index in [1.54, 1.807) is 7.11 Å². The SMILES string of the molecule is COC1=[C+]C=C2N=C(C)CC[C@]34C=C[C@H](O)C[C@H]3OC1C24. The Kier molecular flexibility index (Phi) is 2.83. The summed E-state index contributed by atoms with van der Waals surface area (Å²) in [6.45, 7) is 2.08. The molecule has 0 saturated carbocycles. The smallest absolute Gasteiger partial charge is 0.274 e. The van der Waals surface area contributed by atoms with Crippen molar-refractivity contribution in [1.29, 1.82) is 0 Å². The molecular weight excluding hydrogens is 266 g/mol. The van der Waals surface area contributed by atoms with E-state index in [4.69, 9.17) is 14.5 Å². The van der Waals surface area contributed by atoms with E-state index in [1.807, 2.05) is 12.2 Å². The van der Waals surface area contributed by atoms with Crippen molar-refractivity contribution < 1.29 is 14.6 Å². The number of aliphatic hydroxyl groups is 1. The lowest BCUT2D eigenvalue weighted by molar-refractivity contribution is -0.0140. The zero-order valence-corrected chi connectivity index (χ0v) is 12.4. The van der Waals surface area contributed by atoms with E-state index < -0.39 is 6.10 Å². The number of methoxy groups -OCH3 is 1. The van der Waals surface area contributed by atoms with Crippen molar-refractivity contribution in [3.63, 3.8) is 0 Å². The number of aliphatic imine (C=N–C) groups is 1. The first-order valence-electron chi connectivity index (χ1n) is 7.58. The van der Waals surface area contributed by atoms with Crippen molar-refractivity contribution in [1.82, 2.24) is 0 Å². The summed E-state index contributed by atoms with van der Waals surface area (Å²) in [6.07, 6.45) is 11.3. The molecule has 5 atom stereocenters. The minimum Gasteiger partial charge on any atom is -0.474 e. The van der Waals surface area contributed by atoms with Crippen molar-refractivity contribution in [3.05, 3.63) is 35.8 Å². The van der Waals surface area contributed by atoms with Crippen molar-refractivity contribution in [2.45, 2.75) is 44.5 Å². The predicted molar refractivity (Wildman–Crippen MR) is 78.5 cm³/mol. The van der Waals surface area contributed by atoms with Gasteiger partial charge in [-0.3, -0.25) is 0 Å². The number of nitrogens with zero attached hydrogens (tertiary/aromatic N) is 1. The summed E-state index contributed by atoms with van der Waals surface area (Å²) in [7, 11) is 1.66. The van der Waals surface area contributed by atoms with E-state index in [0.717, 1.165) is 30.0 Å². The summed E-state index contributed by atoms with van der Waals surface area (Å²) in [5.74, 6) is 0.912. The highest BCUT2D eigenvalue weighted by molar-refractivity contribution is 5.83. The zero-order chi connectivity index (χ0) is 14.6. The molecule has 4 nitrogen and oxygen atoms in total. The minimum absolute atomic E-state index is 0.0158. The van der Waals surface area contributed by atoms with Gasteiger partial charge in [-0.1, -0.05) is 12.2 Å². The molecule has 0 aromatic rings. The van der Waals surface area contributed by atoms with E-state index in [1.165, 1.54) is 0 Å². The van der Waals surface area contributed by atoms with Crippen LogP contribution in [0.25, 0.3) is 0 Å². The molecule has 21 heavy (non-hydrogen) atoms. The molecular formula is C17H20NO3+. The fourth-order valence-corrected chi connectivity index (χ4v) is 4.25. The molecule has 1 spiro atoms. The van der Waals surface area contributed by atoms with Gasteiger partial charge in [-0.2, -0.15) is 4.99 Å². The molecule has 0 aromatic carbocycles. The summed E-state index contributed by atoms with van der Waals surface area (Å²) >= 11 is 0. The molecule has 1 saturated heterocycles. The molecule has 1 fully saturated rings. The van der Waals surface area contributed by atoms with E-state index in [9.17, 15) is 5.11 Å². The number of allylic oxidation sites excluding steroid dienone is 2. The van der Waals surface area contributed by atoms with Crippen LogP contribution in [0, 0.1) is 17.4 Å². The Hall–Kier alpha value is -1.48. The van der Waals surface area contributed by atoms with Crippen LogP contribution in [-0.4, -0.2) is 36.2 Å². The van der Waals surface area contributed by atoms with E-state index in [-0.39, 0.29) is 23.5 Å². The molecule has 2 aliphatic heterocycles. The van der Waals surface area contributed by atoms with Crippen LogP contribution in [0.2, 0.25) is 0 Å². The van der Waals surface area contributed by atoms with Crippen LogP contribution in [0.4, 0.5) is 0 Å². The minimum atomic E-state index is -0.419. The third-order valence-electron chi connectivity index (χ3n) is 5.28. The number of aliphatic hydroxyl groups excluding tert-OH is 1. The normalized spacial score (nSPS) is 43.7. The average Bonchev–Trinajstić information content (AvgIpc) is 2.72. The predicted octanol–water partition coefficient (Wildman–Crippen LogP) is 2.16. The molecule has 0 aromatic heterocycles. The maximum atomic E-state index is 9.97. The Morgan fingerprint density at radius 2 is 2.38 bits per heavy atom. The highest BCUT2D eigenvalue weighted by Gasteiger charge is 2.64. The molecule has 4 rings (SSSR count). The van der Waals surface area contributed by atoms with Crippen LogP contribution in [0.1, 0.15) is 26.2 Å². The third-order valence-corrected chi connectivity index (χ3v) is 5.28. The zero-order valence-electron chi connectivity index (χ0n) is 12.4. The topological polar surface area (TPSA) is 51.0 Å². The lowest BCUT2D eigenvalue weighted by Crippen LogP contribution is -2.40. The molecule has 4 aliphatic rings. The van der Waals surface area contributed by atoms with Crippen LogP contribution in [-0.2, 0) is 9.47 Å². The van der Waals surface area contributed by atoms with Gasteiger partial charge in [-0.25, -0.2) is 0 Å². The van der Waals surface area contributed by atoms with Crippen molar-refractivity contribution >= 4 is 5.71 Å². The van der Waals surface area contributed by atoms with Crippen molar-refractivity contribution in [2.75, 3.05) is 7.11 Å². The van der Waals surface area contributed by atoms with Gasteiger partial charge in [0.15, 0.2) is 17.9 Å². The van der Waals surface area contributed by atoms with Gasteiger partial charge in [0.2, 0.25) is 0 Å².